The molecule has 0 saturated carbocycles. The van der Waals surface area contributed by atoms with Crippen LogP contribution in [0.2, 0.25) is 5.15 Å². The second kappa shape index (κ2) is 4.35. The molecule has 0 radical (unpaired) electrons. The van der Waals surface area contributed by atoms with Gasteiger partial charge in [-0.2, -0.15) is 0 Å². The van der Waals surface area contributed by atoms with E-state index in [0.29, 0.717) is 23.8 Å². The summed E-state index contributed by atoms with van der Waals surface area (Å²) in [6.07, 6.45) is 2.69. The van der Waals surface area contributed by atoms with Crippen molar-refractivity contribution in [2.45, 2.75) is 12.5 Å². The molecule has 1 heterocycles. The number of hydrogen-bond acceptors (Lipinski definition) is 4. The monoisotopic (exact) mass is 187 g/mol. The van der Waals surface area contributed by atoms with Crippen molar-refractivity contribution in [3.8, 4) is 0 Å². The molecule has 12 heavy (non-hydrogen) atoms. The van der Waals surface area contributed by atoms with Crippen molar-refractivity contribution in [1.82, 2.24) is 9.97 Å². The van der Waals surface area contributed by atoms with Crippen LogP contribution in [0, 0.1) is 0 Å². The van der Waals surface area contributed by atoms with Gasteiger partial charge in [-0.05, 0) is 13.0 Å². The van der Waals surface area contributed by atoms with E-state index < -0.39 is 6.10 Å². The lowest BCUT2D eigenvalue weighted by Crippen LogP contribution is -2.08. The lowest BCUT2D eigenvalue weighted by Gasteiger charge is -2.06. The number of hydrogen-bond donors (Lipinski definition) is 2. The molecule has 5 heteroatoms. The quantitative estimate of drug-likeness (QED) is 0.724. The Hall–Kier alpha value is -0.710. The van der Waals surface area contributed by atoms with Gasteiger partial charge in [-0.3, -0.25) is 4.98 Å². The van der Waals surface area contributed by atoms with E-state index >= 15 is 0 Å². The van der Waals surface area contributed by atoms with Crippen molar-refractivity contribution in [1.29, 1.82) is 0 Å². The van der Waals surface area contributed by atoms with Crippen LogP contribution in [0.5, 0.6) is 0 Å². The minimum Gasteiger partial charge on any atom is -0.387 e. The van der Waals surface area contributed by atoms with Gasteiger partial charge >= 0.3 is 0 Å². The summed E-state index contributed by atoms with van der Waals surface area (Å²) in [7, 11) is 0. The van der Waals surface area contributed by atoms with Gasteiger partial charge in [-0.25, -0.2) is 4.98 Å². The van der Waals surface area contributed by atoms with Crippen LogP contribution in [-0.4, -0.2) is 21.6 Å². The molecule has 0 aliphatic carbocycles. The van der Waals surface area contributed by atoms with E-state index in [2.05, 4.69) is 9.97 Å². The number of nitrogens with two attached hydrogens (primary N) is 1. The summed E-state index contributed by atoms with van der Waals surface area (Å²) in [5.41, 5.74) is 5.77. The van der Waals surface area contributed by atoms with Crippen LogP contribution in [0.25, 0.3) is 0 Å². The van der Waals surface area contributed by atoms with E-state index in [0.717, 1.165) is 0 Å². The Bertz CT molecular complexity index is 239. The Morgan fingerprint density at radius 2 is 2.25 bits per heavy atom. The van der Waals surface area contributed by atoms with Crippen LogP contribution >= 0.6 is 11.6 Å². The van der Waals surface area contributed by atoms with Crippen LogP contribution in [0.1, 0.15) is 18.2 Å². The lowest BCUT2D eigenvalue weighted by atomic mass is 10.2. The fraction of sp³-hybridized carbons (Fsp3) is 0.429. The smallest absolute Gasteiger partial charge is 0.147 e. The second-order valence-electron chi connectivity index (χ2n) is 2.36. The molecule has 0 aliphatic heterocycles. The van der Waals surface area contributed by atoms with Crippen LogP contribution < -0.4 is 5.73 Å². The molecule has 1 aromatic rings. The Balaban J connectivity index is 2.68. The van der Waals surface area contributed by atoms with E-state index in [1.54, 1.807) is 0 Å². The van der Waals surface area contributed by atoms with E-state index in [1.807, 2.05) is 0 Å². The molecule has 3 N–H and O–H groups in total. The van der Waals surface area contributed by atoms with Crippen LogP contribution in [0.4, 0.5) is 0 Å². The molecule has 0 bridgehead atoms. The van der Waals surface area contributed by atoms with E-state index in [9.17, 15) is 5.11 Å². The highest BCUT2D eigenvalue weighted by atomic mass is 35.5. The summed E-state index contributed by atoms with van der Waals surface area (Å²) in [5.74, 6) is 0. The number of aliphatic hydroxyl groups excluding tert-OH is 1. The van der Waals surface area contributed by atoms with Gasteiger partial charge in [-0.1, -0.05) is 11.6 Å². The maximum absolute atomic E-state index is 9.39. The molecular weight excluding hydrogens is 178 g/mol. The van der Waals surface area contributed by atoms with Gasteiger partial charge in [0, 0.05) is 0 Å². The summed E-state index contributed by atoms with van der Waals surface area (Å²) in [6.45, 7) is 0.422. The van der Waals surface area contributed by atoms with Gasteiger partial charge in [0.05, 0.1) is 24.2 Å². The molecule has 0 fully saturated rings. The minimum atomic E-state index is -0.639. The lowest BCUT2D eigenvalue weighted by molar-refractivity contribution is 0.165. The predicted molar refractivity (Wildman–Crippen MR) is 45.7 cm³/mol. The summed E-state index contributed by atoms with van der Waals surface area (Å²) in [5, 5.41) is 9.70. The number of nitrogens with zero attached hydrogens (tertiary/aromatic N) is 2. The summed E-state index contributed by atoms with van der Waals surface area (Å²) in [4.78, 5) is 7.68. The summed E-state index contributed by atoms with van der Waals surface area (Å²) in [6, 6.07) is 0. The van der Waals surface area contributed by atoms with Crippen molar-refractivity contribution in [2.75, 3.05) is 6.54 Å². The molecule has 0 amide bonds. The van der Waals surface area contributed by atoms with E-state index in [4.69, 9.17) is 17.3 Å². The molecule has 66 valence electrons. The van der Waals surface area contributed by atoms with Crippen molar-refractivity contribution in [2.24, 2.45) is 5.73 Å². The normalized spacial score (nSPS) is 12.9. The average molecular weight is 188 g/mol. The van der Waals surface area contributed by atoms with E-state index in [-0.39, 0.29) is 0 Å². The van der Waals surface area contributed by atoms with Crippen LogP contribution in [0.3, 0.4) is 0 Å². The average Bonchev–Trinajstić information content (AvgIpc) is 2.06. The first-order valence-corrected chi connectivity index (χ1v) is 3.97. The first-order valence-electron chi connectivity index (χ1n) is 3.59. The van der Waals surface area contributed by atoms with E-state index in [1.165, 1.54) is 12.4 Å². The zero-order valence-corrected chi connectivity index (χ0v) is 7.20. The van der Waals surface area contributed by atoms with Crippen molar-refractivity contribution in [3.05, 3.63) is 23.2 Å². The maximum atomic E-state index is 9.39. The Morgan fingerprint density at radius 1 is 1.50 bits per heavy atom. The fourth-order valence-electron chi connectivity index (χ4n) is 0.800. The Labute approximate surface area is 75.4 Å². The molecule has 0 saturated heterocycles. The van der Waals surface area contributed by atoms with Crippen molar-refractivity contribution >= 4 is 11.6 Å². The molecule has 1 unspecified atom stereocenters. The SMILES string of the molecule is NCCC(O)c1cnc(Cl)cn1. The van der Waals surface area contributed by atoms with Gasteiger partial charge in [0.15, 0.2) is 0 Å². The topological polar surface area (TPSA) is 72.0 Å². The maximum Gasteiger partial charge on any atom is 0.147 e. The molecule has 1 rings (SSSR count). The highest BCUT2D eigenvalue weighted by molar-refractivity contribution is 6.29. The predicted octanol–water partition coefficient (Wildman–Crippen LogP) is 0.512. The Morgan fingerprint density at radius 3 is 2.75 bits per heavy atom. The first-order chi connectivity index (χ1) is 5.74. The van der Waals surface area contributed by atoms with Crippen molar-refractivity contribution < 1.29 is 5.11 Å². The van der Waals surface area contributed by atoms with Gasteiger partial charge in [0.25, 0.3) is 0 Å². The van der Waals surface area contributed by atoms with Crippen LogP contribution in [-0.2, 0) is 0 Å². The molecule has 1 atom stereocenters. The molecule has 1 aromatic heterocycles. The highest BCUT2D eigenvalue weighted by Crippen LogP contribution is 2.12. The highest BCUT2D eigenvalue weighted by Gasteiger charge is 2.07. The van der Waals surface area contributed by atoms with Gasteiger partial charge < -0.3 is 10.8 Å². The third kappa shape index (κ3) is 2.41. The zero-order valence-electron chi connectivity index (χ0n) is 6.44. The summed E-state index contributed by atoms with van der Waals surface area (Å²) < 4.78 is 0. The standard InChI is InChI=1S/C7H10ClN3O/c8-7-4-10-5(3-11-7)6(12)1-2-9/h3-4,6,12H,1-2,9H2. The molecule has 0 aromatic carbocycles. The number of aromatic nitrogens is 2. The van der Waals surface area contributed by atoms with Gasteiger partial charge in [0.1, 0.15) is 5.15 Å². The third-order valence-corrected chi connectivity index (χ3v) is 1.62. The molecule has 0 aliphatic rings. The number of rotatable bonds is 3. The number of halogens is 1. The molecule has 0 spiro atoms. The molecule has 4 nitrogen and oxygen atoms in total. The number of aliphatic hydroxyl groups is 1. The second-order valence-corrected chi connectivity index (χ2v) is 2.74. The first kappa shape index (κ1) is 9.38. The van der Waals surface area contributed by atoms with Gasteiger partial charge in [-0.15, -0.1) is 0 Å². The van der Waals surface area contributed by atoms with Crippen LogP contribution in [0.15, 0.2) is 12.4 Å². The largest absolute Gasteiger partial charge is 0.387 e. The third-order valence-electron chi connectivity index (χ3n) is 1.42. The summed E-state index contributed by atoms with van der Waals surface area (Å²) >= 11 is 5.51. The van der Waals surface area contributed by atoms with Gasteiger partial charge in [0.2, 0.25) is 0 Å². The van der Waals surface area contributed by atoms with Crippen molar-refractivity contribution in [3.63, 3.8) is 0 Å². The molecular formula is C7H10ClN3O. The fourth-order valence-corrected chi connectivity index (χ4v) is 0.898. The minimum absolute atomic E-state index is 0.318. The zero-order chi connectivity index (χ0) is 8.97. The Kier molecular flexibility index (Phi) is 3.40.